The van der Waals surface area contributed by atoms with Gasteiger partial charge in [0.15, 0.2) is 5.43 Å². The van der Waals surface area contributed by atoms with Crippen molar-refractivity contribution in [2.45, 2.75) is 6.54 Å². The number of aromatic nitrogens is 1. The van der Waals surface area contributed by atoms with Crippen molar-refractivity contribution in [3.63, 3.8) is 0 Å². The quantitative estimate of drug-likeness (QED) is 0.737. The van der Waals surface area contributed by atoms with Crippen LogP contribution in [0.4, 0.5) is 4.39 Å². The van der Waals surface area contributed by atoms with Crippen LogP contribution in [0.1, 0.15) is 0 Å². The van der Waals surface area contributed by atoms with E-state index in [1.807, 2.05) is 0 Å². The van der Waals surface area contributed by atoms with E-state index in [1.54, 1.807) is 4.57 Å². The van der Waals surface area contributed by atoms with Gasteiger partial charge in [-0.15, -0.1) is 0 Å². The minimum Gasteiger partial charge on any atom is -0.468 e. The van der Waals surface area contributed by atoms with Crippen LogP contribution < -0.4 is 5.43 Å². The van der Waals surface area contributed by atoms with Crippen LogP contribution in [0.5, 0.6) is 0 Å². The van der Waals surface area contributed by atoms with E-state index in [0.29, 0.717) is 5.52 Å². The van der Waals surface area contributed by atoms with E-state index in [1.165, 1.54) is 31.5 Å². The predicted molar refractivity (Wildman–Crippen MR) is 60.2 cm³/mol. The molecule has 0 N–H and O–H groups in total. The van der Waals surface area contributed by atoms with E-state index in [2.05, 4.69) is 4.74 Å². The summed E-state index contributed by atoms with van der Waals surface area (Å²) in [7, 11) is 1.28. The standard InChI is InChI=1S/C12H10FNO3/c1-17-12(16)7-14-5-4-11(15)9-6-8(13)2-3-10(9)14/h2-6H,7H2,1H3. The molecule has 0 aliphatic carbocycles. The molecule has 2 aromatic rings. The molecule has 0 saturated heterocycles. The number of benzene rings is 1. The number of rotatable bonds is 2. The number of ether oxygens (including phenoxy) is 1. The Morgan fingerprint density at radius 2 is 2.18 bits per heavy atom. The number of hydrogen-bond donors (Lipinski definition) is 0. The molecule has 0 bridgehead atoms. The van der Waals surface area contributed by atoms with Crippen molar-refractivity contribution < 1.29 is 13.9 Å². The first kappa shape index (κ1) is 11.3. The van der Waals surface area contributed by atoms with Gasteiger partial charge in [-0.2, -0.15) is 0 Å². The van der Waals surface area contributed by atoms with E-state index in [0.717, 1.165) is 6.07 Å². The topological polar surface area (TPSA) is 48.3 Å². The maximum Gasteiger partial charge on any atom is 0.325 e. The molecule has 2 rings (SSSR count). The SMILES string of the molecule is COC(=O)Cn1ccc(=O)c2cc(F)ccc21. The van der Waals surface area contributed by atoms with Crippen LogP contribution in [-0.4, -0.2) is 17.6 Å². The number of nitrogens with zero attached hydrogens (tertiary/aromatic N) is 1. The lowest BCUT2D eigenvalue weighted by molar-refractivity contribution is -0.141. The van der Waals surface area contributed by atoms with Crippen LogP contribution in [0, 0.1) is 5.82 Å². The molecule has 0 amide bonds. The summed E-state index contributed by atoms with van der Waals surface area (Å²) < 4.78 is 19.1. The zero-order valence-electron chi connectivity index (χ0n) is 9.14. The van der Waals surface area contributed by atoms with E-state index >= 15 is 0 Å². The smallest absolute Gasteiger partial charge is 0.325 e. The Hall–Kier alpha value is -2.17. The van der Waals surface area contributed by atoms with Gasteiger partial charge in [-0.1, -0.05) is 0 Å². The second-order valence-corrected chi connectivity index (χ2v) is 3.55. The molecule has 0 spiro atoms. The Labute approximate surface area is 96.2 Å². The molecule has 5 heteroatoms. The van der Waals surface area contributed by atoms with Crippen molar-refractivity contribution in [3.8, 4) is 0 Å². The Bertz CT molecular complexity index is 633. The predicted octanol–water partition coefficient (Wildman–Crippen LogP) is 1.31. The Morgan fingerprint density at radius 1 is 1.41 bits per heavy atom. The van der Waals surface area contributed by atoms with E-state index < -0.39 is 11.8 Å². The lowest BCUT2D eigenvalue weighted by atomic mass is 10.2. The monoisotopic (exact) mass is 235 g/mol. The van der Waals surface area contributed by atoms with Crippen LogP contribution in [0.15, 0.2) is 35.3 Å². The first-order chi connectivity index (χ1) is 8.11. The Morgan fingerprint density at radius 3 is 2.88 bits per heavy atom. The minimum absolute atomic E-state index is 0.0150. The molecule has 0 saturated carbocycles. The van der Waals surface area contributed by atoms with Gasteiger partial charge in [0.1, 0.15) is 12.4 Å². The van der Waals surface area contributed by atoms with Gasteiger partial charge in [0.05, 0.1) is 12.6 Å². The van der Waals surface area contributed by atoms with Crippen molar-refractivity contribution in [2.75, 3.05) is 7.11 Å². The summed E-state index contributed by atoms with van der Waals surface area (Å²) in [6.07, 6.45) is 1.49. The van der Waals surface area contributed by atoms with Crippen LogP contribution >= 0.6 is 0 Å². The molecule has 0 atom stereocenters. The van der Waals surface area contributed by atoms with Crippen LogP contribution in [-0.2, 0) is 16.1 Å². The van der Waals surface area contributed by atoms with Gasteiger partial charge in [0.25, 0.3) is 0 Å². The highest BCUT2D eigenvalue weighted by Crippen LogP contribution is 2.12. The average Bonchev–Trinajstić information content (AvgIpc) is 2.33. The van der Waals surface area contributed by atoms with Crippen LogP contribution in [0.25, 0.3) is 10.9 Å². The molecule has 1 aromatic heterocycles. The number of esters is 1. The van der Waals surface area contributed by atoms with Gasteiger partial charge in [0, 0.05) is 17.6 Å². The summed E-state index contributed by atoms with van der Waals surface area (Å²) in [5.41, 5.74) is 0.227. The highest BCUT2D eigenvalue weighted by atomic mass is 19.1. The van der Waals surface area contributed by atoms with E-state index in [4.69, 9.17) is 0 Å². The third-order valence-electron chi connectivity index (χ3n) is 2.47. The fraction of sp³-hybridized carbons (Fsp3) is 0.167. The molecule has 0 unspecified atom stereocenters. The van der Waals surface area contributed by atoms with Crippen molar-refractivity contribution in [3.05, 3.63) is 46.5 Å². The fourth-order valence-electron chi connectivity index (χ4n) is 1.63. The lowest BCUT2D eigenvalue weighted by Gasteiger charge is -2.08. The summed E-state index contributed by atoms with van der Waals surface area (Å²) in [5.74, 6) is -0.912. The Balaban J connectivity index is 2.62. The summed E-state index contributed by atoms with van der Waals surface area (Å²) in [4.78, 5) is 22.7. The molecule has 4 nitrogen and oxygen atoms in total. The van der Waals surface area contributed by atoms with Gasteiger partial charge in [-0.25, -0.2) is 4.39 Å². The molecule has 88 valence electrons. The summed E-state index contributed by atoms with van der Waals surface area (Å²) in [6.45, 7) is -0.0150. The highest BCUT2D eigenvalue weighted by Gasteiger charge is 2.07. The molecule has 0 aliphatic rings. The van der Waals surface area contributed by atoms with Gasteiger partial charge in [0.2, 0.25) is 0 Å². The summed E-state index contributed by atoms with van der Waals surface area (Å²) >= 11 is 0. The maximum atomic E-state index is 13.0. The van der Waals surface area contributed by atoms with E-state index in [-0.39, 0.29) is 17.4 Å². The van der Waals surface area contributed by atoms with Gasteiger partial charge in [-0.3, -0.25) is 9.59 Å². The maximum absolute atomic E-state index is 13.0. The van der Waals surface area contributed by atoms with Crippen LogP contribution in [0.3, 0.4) is 0 Å². The van der Waals surface area contributed by atoms with Gasteiger partial charge >= 0.3 is 5.97 Å². The lowest BCUT2D eigenvalue weighted by Crippen LogP contribution is -2.15. The largest absolute Gasteiger partial charge is 0.468 e. The average molecular weight is 235 g/mol. The van der Waals surface area contributed by atoms with Gasteiger partial charge in [-0.05, 0) is 18.2 Å². The third kappa shape index (κ3) is 2.18. The van der Waals surface area contributed by atoms with Crippen molar-refractivity contribution in [1.82, 2.24) is 4.57 Å². The second-order valence-electron chi connectivity index (χ2n) is 3.55. The summed E-state index contributed by atoms with van der Waals surface area (Å²) in [6, 6.07) is 5.17. The molecule has 1 heterocycles. The number of halogens is 1. The number of hydrogen-bond acceptors (Lipinski definition) is 3. The van der Waals surface area contributed by atoms with Gasteiger partial charge < -0.3 is 9.30 Å². The normalized spacial score (nSPS) is 10.5. The summed E-state index contributed by atoms with van der Waals surface area (Å²) in [5, 5.41) is 0.247. The van der Waals surface area contributed by atoms with E-state index in [9.17, 15) is 14.0 Å². The first-order valence-corrected chi connectivity index (χ1v) is 4.97. The van der Waals surface area contributed by atoms with Crippen molar-refractivity contribution in [1.29, 1.82) is 0 Å². The third-order valence-corrected chi connectivity index (χ3v) is 2.47. The minimum atomic E-state index is -0.481. The molecule has 0 radical (unpaired) electrons. The fourth-order valence-corrected chi connectivity index (χ4v) is 1.63. The molecular formula is C12H10FNO3. The first-order valence-electron chi connectivity index (χ1n) is 4.97. The van der Waals surface area contributed by atoms with Crippen molar-refractivity contribution >= 4 is 16.9 Å². The van der Waals surface area contributed by atoms with Crippen LogP contribution in [0.2, 0.25) is 0 Å². The Kier molecular flexibility index (Phi) is 2.91. The molecule has 0 fully saturated rings. The highest BCUT2D eigenvalue weighted by molar-refractivity contribution is 5.80. The second kappa shape index (κ2) is 4.37. The number of methoxy groups -OCH3 is 1. The molecule has 1 aromatic carbocycles. The molecule has 0 aliphatic heterocycles. The number of carbonyl (C=O) groups excluding carboxylic acids is 1. The molecule has 17 heavy (non-hydrogen) atoms. The number of pyridine rings is 1. The number of fused-ring (bicyclic) bond motifs is 1. The zero-order chi connectivity index (χ0) is 12.4. The molecular weight excluding hydrogens is 225 g/mol. The number of carbonyl (C=O) groups is 1. The van der Waals surface area contributed by atoms with Crippen molar-refractivity contribution in [2.24, 2.45) is 0 Å². The zero-order valence-corrected chi connectivity index (χ0v) is 9.14.